The Morgan fingerprint density at radius 2 is 2.04 bits per heavy atom. The van der Waals surface area contributed by atoms with Crippen LogP contribution in [0.25, 0.3) is 0 Å². The number of aliphatic imine (C=N–C) groups is 1. The smallest absolute Gasteiger partial charge is 0.191 e. The van der Waals surface area contributed by atoms with E-state index in [4.69, 9.17) is 4.99 Å². The maximum atomic E-state index is 12.2. The molecule has 1 aromatic heterocycles. The van der Waals surface area contributed by atoms with Crippen LogP contribution in [0, 0.1) is 0 Å². The average Bonchev–Trinajstić information content (AvgIpc) is 3.00. The fraction of sp³-hybridized carbons (Fsp3) is 0.800. The van der Waals surface area contributed by atoms with E-state index in [1.54, 1.807) is 0 Å². The summed E-state index contributed by atoms with van der Waals surface area (Å²) in [5, 5.41) is 11.9. The van der Waals surface area contributed by atoms with E-state index >= 15 is 0 Å². The minimum absolute atomic E-state index is 0.320. The monoisotopic (exact) mass is 395 g/mol. The summed E-state index contributed by atoms with van der Waals surface area (Å²) in [5.41, 5.74) is 3.67. The molecule has 0 radical (unpaired) electrons. The highest BCUT2D eigenvalue weighted by Gasteiger charge is 2.26. The van der Waals surface area contributed by atoms with Gasteiger partial charge in [-0.05, 0) is 39.0 Å². The van der Waals surface area contributed by atoms with Crippen LogP contribution in [-0.2, 0) is 37.2 Å². The molecule has 0 bridgehead atoms. The second-order valence-electron chi connectivity index (χ2n) is 7.20. The summed E-state index contributed by atoms with van der Waals surface area (Å²) in [7, 11) is 1.32. The molecule has 1 aliphatic rings. The summed E-state index contributed by atoms with van der Waals surface area (Å²) in [6, 6.07) is 0.349. The zero-order chi connectivity index (χ0) is 19.8. The third kappa shape index (κ3) is 5.80. The molecule has 2 rings (SSSR count). The molecule has 1 fully saturated rings. The molecular formula is C20H37N5OS. The third-order valence-electron chi connectivity index (χ3n) is 5.39. The lowest BCUT2D eigenvalue weighted by atomic mass is 9.95. The van der Waals surface area contributed by atoms with Gasteiger partial charge in [-0.1, -0.05) is 27.2 Å². The van der Waals surface area contributed by atoms with Crippen LogP contribution < -0.4 is 10.6 Å². The SMILES string of the molecule is CCNC(=NCc1c(CC)nn(C)c1CC)NC1CCCC(S(=O)CC)C1. The van der Waals surface area contributed by atoms with Crippen LogP contribution in [0.1, 0.15) is 70.3 Å². The number of nitrogens with one attached hydrogen (secondary N) is 2. The van der Waals surface area contributed by atoms with Crippen molar-refractivity contribution in [3.63, 3.8) is 0 Å². The highest BCUT2D eigenvalue weighted by Crippen LogP contribution is 2.23. The molecule has 1 saturated carbocycles. The highest BCUT2D eigenvalue weighted by molar-refractivity contribution is 7.85. The largest absolute Gasteiger partial charge is 0.357 e. The Kier molecular flexibility index (Phi) is 8.80. The van der Waals surface area contributed by atoms with Crippen molar-refractivity contribution in [3.05, 3.63) is 17.0 Å². The minimum Gasteiger partial charge on any atom is -0.357 e. The second kappa shape index (κ2) is 10.8. The lowest BCUT2D eigenvalue weighted by Crippen LogP contribution is -2.46. The van der Waals surface area contributed by atoms with Crippen molar-refractivity contribution in [1.29, 1.82) is 0 Å². The number of aryl methyl sites for hydroxylation is 2. The topological polar surface area (TPSA) is 71.3 Å². The number of guanidine groups is 1. The van der Waals surface area contributed by atoms with E-state index in [0.717, 1.165) is 62.5 Å². The molecule has 7 heteroatoms. The van der Waals surface area contributed by atoms with Gasteiger partial charge in [-0.15, -0.1) is 0 Å². The molecule has 0 saturated heterocycles. The molecule has 0 aliphatic heterocycles. The Hall–Kier alpha value is -1.37. The van der Waals surface area contributed by atoms with Crippen molar-refractivity contribution < 1.29 is 4.21 Å². The van der Waals surface area contributed by atoms with Crippen LogP contribution >= 0.6 is 0 Å². The van der Waals surface area contributed by atoms with Gasteiger partial charge in [0.25, 0.3) is 0 Å². The number of hydrogen-bond acceptors (Lipinski definition) is 3. The molecule has 6 nitrogen and oxygen atoms in total. The second-order valence-corrected chi connectivity index (χ2v) is 9.20. The van der Waals surface area contributed by atoms with Gasteiger partial charge in [0, 0.05) is 52.7 Å². The Balaban J connectivity index is 2.10. The van der Waals surface area contributed by atoms with Crippen LogP contribution in [0.2, 0.25) is 0 Å². The summed E-state index contributed by atoms with van der Waals surface area (Å²) in [6.07, 6.45) is 6.20. The fourth-order valence-electron chi connectivity index (χ4n) is 3.99. The van der Waals surface area contributed by atoms with Gasteiger partial charge in [0.15, 0.2) is 5.96 Å². The Morgan fingerprint density at radius 3 is 2.67 bits per heavy atom. The van der Waals surface area contributed by atoms with Crippen LogP contribution in [0.15, 0.2) is 4.99 Å². The molecule has 0 aromatic carbocycles. The molecule has 1 aliphatic carbocycles. The Morgan fingerprint density at radius 1 is 1.26 bits per heavy atom. The van der Waals surface area contributed by atoms with E-state index in [2.05, 4.69) is 36.5 Å². The summed E-state index contributed by atoms with van der Waals surface area (Å²) >= 11 is 0. The van der Waals surface area contributed by atoms with E-state index in [1.165, 1.54) is 11.3 Å². The van der Waals surface area contributed by atoms with Gasteiger partial charge < -0.3 is 10.6 Å². The third-order valence-corrected chi connectivity index (χ3v) is 7.13. The molecule has 3 unspecified atom stereocenters. The van der Waals surface area contributed by atoms with Gasteiger partial charge in [-0.25, -0.2) is 4.99 Å². The van der Waals surface area contributed by atoms with Crippen molar-refractivity contribution in [2.75, 3.05) is 12.3 Å². The number of nitrogens with zero attached hydrogens (tertiary/aromatic N) is 3. The van der Waals surface area contributed by atoms with Crippen LogP contribution in [0.5, 0.6) is 0 Å². The number of rotatable bonds is 8. The number of hydrogen-bond donors (Lipinski definition) is 2. The maximum absolute atomic E-state index is 12.2. The molecule has 2 N–H and O–H groups in total. The Bertz CT molecular complexity index is 655. The van der Waals surface area contributed by atoms with Gasteiger partial charge in [0.05, 0.1) is 12.2 Å². The van der Waals surface area contributed by atoms with Crippen LogP contribution in [0.4, 0.5) is 0 Å². The predicted octanol–water partition coefficient (Wildman–Crippen LogP) is 2.68. The van der Waals surface area contributed by atoms with Gasteiger partial charge in [0.1, 0.15) is 0 Å². The molecule has 0 spiro atoms. The van der Waals surface area contributed by atoms with Crippen molar-refractivity contribution >= 4 is 16.8 Å². The van der Waals surface area contributed by atoms with Crippen LogP contribution in [0.3, 0.4) is 0 Å². The van der Waals surface area contributed by atoms with E-state index in [1.807, 2.05) is 18.7 Å². The normalized spacial score (nSPS) is 21.9. The summed E-state index contributed by atoms with van der Waals surface area (Å²) in [6.45, 7) is 9.90. The molecule has 1 aromatic rings. The predicted molar refractivity (Wildman–Crippen MR) is 115 cm³/mol. The first-order valence-electron chi connectivity index (χ1n) is 10.5. The first-order chi connectivity index (χ1) is 13.0. The first kappa shape index (κ1) is 21.9. The molecule has 0 amide bonds. The zero-order valence-electron chi connectivity index (χ0n) is 17.7. The lowest BCUT2D eigenvalue weighted by molar-refractivity contribution is 0.413. The van der Waals surface area contributed by atoms with Gasteiger partial charge in [0.2, 0.25) is 0 Å². The van der Waals surface area contributed by atoms with E-state index < -0.39 is 10.8 Å². The molecule has 3 atom stereocenters. The van der Waals surface area contributed by atoms with Crippen molar-refractivity contribution in [3.8, 4) is 0 Å². The lowest BCUT2D eigenvalue weighted by Gasteiger charge is -2.30. The first-order valence-corrected chi connectivity index (χ1v) is 11.9. The quantitative estimate of drug-likeness (QED) is 0.524. The molecule has 1 heterocycles. The van der Waals surface area contributed by atoms with Gasteiger partial charge in [-0.2, -0.15) is 5.10 Å². The standard InChI is InChI=1S/C20H37N5OS/c1-6-18-17(19(7-2)25(5)24-18)14-22-20(21-8-3)23-15-11-10-12-16(13-15)27(26)9-4/h15-16H,6-14H2,1-5H3,(H2,21,22,23). The molecule has 27 heavy (non-hydrogen) atoms. The van der Waals surface area contributed by atoms with Crippen LogP contribution in [-0.4, -0.2) is 43.5 Å². The highest BCUT2D eigenvalue weighted by atomic mass is 32.2. The van der Waals surface area contributed by atoms with Gasteiger partial charge in [-0.3, -0.25) is 8.89 Å². The minimum atomic E-state index is -0.703. The summed E-state index contributed by atoms with van der Waals surface area (Å²) in [4.78, 5) is 4.86. The Labute approximate surface area is 167 Å². The molecule has 154 valence electrons. The summed E-state index contributed by atoms with van der Waals surface area (Å²) < 4.78 is 14.2. The zero-order valence-corrected chi connectivity index (χ0v) is 18.5. The average molecular weight is 396 g/mol. The number of aromatic nitrogens is 2. The summed E-state index contributed by atoms with van der Waals surface area (Å²) in [5.74, 6) is 1.62. The van der Waals surface area contributed by atoms with E-state index in [-0.39, 0.29) is 0 Å². The van der Waals surface area contributed by atoms with E-state index in [0.29, 0.717) is 17.8 Å². The molecular weight excluding hydrogens is 358 g/mol. The van der Waals surface area contributed by atoms with E-state index in [9.17, 15) is 4.21 Å². The van der Waals surface area contributed by atoms with Crippen molar-refractivity contribution in [1.82, 2.24) is 20.4 Å². The fourth-order valence-corrected chi connectivity index (χ4v) is 5.34. The van der Waals surface area contributed by atoms with Gasteiger partial charge >= 0.3 is 0 Å². The van der Waals surface area contributed by atoms with Crippen molar-refractivity contribution in [2.45, 2.75) is 84.1 Å². The van der Waals surface area contributed by atoms with Crippen molar-refractivity contribution in [2.24, 2.45) is 12.0 Å². The maximum Gasteiger partial charge on any atom is 0.191 e.